The van der Waals surface area contributed by atoms with E-state index < -0.39 is 5.97 Å². The maximum Gasteiger partial charge on any atom is 0.339 e. The van der Waals surface area contributed by atoms with Crippen LogP contribution in [-0.4, -0.2) is 22.7 Å². The van der Waals surface area contributed by atoms with E-state index in [4.69, 9.17) is 5.26 Å². The summed E-state index contributed by atoms with van der Waals surface area (Å²) >= 11 is 0. The average molecular weight is 215 g/mol. The highest BCUT2D eigenvalue weighted by Crippen LogP contribution is 2.17. The second-order valence-electron chi connectivity index (χ2n) is 3.32. The molecule has 0 radical (unpaired) electrons. The maximum atomic E-state index is 11.4. The highest BCUT2D eigenvalue weighted by Gasteiger charge is 2.14. The van der Waals surface area contributed by atoms with E-state index in [2.05, 4.69) is 9.84 Å². The summed E-state index contributed by atoms with van der Waals surface area (Å²) in [5.41, 5.74) is 2.35. The van der Waals surface area contributed by atoms with Gasteiger partial charge in [-0.1, -0.05) is 0 Å². The molecule has 0 aliphatic heterocycles. The lowest BCUT2D eigenvalue weighted by Gasteiger charge is -1.95. The van der Waals surface area contributed by atoms with E-state index in [1.165, 1.54) is 11.6 Å². The van der Waals surface area contributed by atoms with Crippen molar-refractivity contribution in [3.05, 3.63) is 35.2 Å². The molecule has 0 aromatic carbocycles. The predicted octanol–water partition coefficient (Wildman–Crippen LogP) is 1.30. The van der Waals surface area contributed by atoms with Crippen LogP contribution in [0, 0.1) is 18.3 Å². The fourth-order valence-corrected chi connectivity index (χ4v) is 1.57. The highest BCUT2D eigenvalue weighted by atomic mass is 16.5. The van der Waals surface area contributed by atoms with Gasteiger partial charge in [-0.2, -0.15) is 10.4 Å². The maximum absolute atomic E-state index is 11.4. The predicted molar refractivity (Wildman–Crippen MR) is 56.0 cm³/mol. The minimum atomic E-state index is -0.401. The van der Waals surface area contributed by atoms with Crippen LogP contribution < -0.4 is 0 Å². The summed E-state index contributed by atoms with van der Waals surface area (Å²) in [5.74, 6) is -0.401. The van der Waals surface area contributed by atoms with Gasteiger partial charge in [-0.05, 0) is 24.6 Å². The lowest BCUT2D eigenvalue weighted by molar-refractivity contribution is 0.0600. The number of esters is 1. The largest absolute Gasteiger partial charge is 0.465 e. The normalized spacial score (nSPS) is 10.1. The summed E-state index contributed by atoms with van der Waals surface area (Å²) in [6.45, 7) is 1.81. The van der Waals surface area contributed by atoms with Crippen LogP contribution in [-0.2, 0) is 4.74 Å². The molecule has 2 aromatic heterocycles. The van der Waals surface area contributed by atoms with E-state index in [0.717, 1.165) is 11.1 Å². The van der Waals surface area contributed by atoms with Crippen LogP contribution in [0.3, 0.4) is 0 Å². The fraction of sp³-hybridized carbons (Fsp3) is 0.182. The summed E-state index contributed by atoms with van der Waals surface area (Å²) in [6, 6.07) is 5.31. The van der Waals surface area contributed by atoms with Crippen LogP contribution in [0.4, 0.5) is 0 Å². The summed E-state index contributed by atoms with van der Waals surface area (Å²) in [5, 5.41) is 12.8. The first-order valence-corrected chi connectivity index (χ1v) is 4.64. The summed E-state index contributed by atoms with van der Waals surface area (Å²) in [4.78, 5) is 11.4. The van der Waals surface area contributed by atoms with E-state index in [-0.39, 0.29) is 0 Å². The van der Waals surface area contributed by atoms with Gasteiger partial charge in [0.1, 0.15) is 6.07 Å². The molecule has 2 heterocycles. The van der Waals surface area contributed by atoms with E-state index in [1.807, 2.05) is 13.0 Å². The quantitative estimate of drug-likeness (QED) is 0.672. The molecule has 0 saturated carbocycles. The number of ether oxygens (including phenoxy) is 1. The molecule has 5 heteroatoms. The second kappa shape index (κ2) is 3.66. The molecule has 0 fully saturated rings. The Balaban J connectivity index is 2.68. The molecule has 0 atom stereocenters. The van der Waals surface area contributed by atoms with Crippen molar-refractivity contribution in [3.63, 3.8) is 0 Å². The third-order valence-electron chi connectivity index (χ3n) is 2.42. The molecule has 0 bridgehead atoms. The van der Waals surface area contributed by atoms with E-state index in [0.29, 0.717) is 11.3 Å². The molecule has 0 unspecified atom stereocenters. The lowest BCUT2D eigenvalue weighted by Crippen LogP contribution is -2.00. The fourth-order valence-electron chi connectivity index (χ4n) is 1.57. The van der Waals surface area contributed by atoms with Crippen molar-refractivity contribution in [3.8, 4) is 6.07 Å². The molecule has 0 N–H and O–H groups in total. The minimum Gasteiger partial charge on any atom is -0.465 e. The first-order chi connectivity index (χ1) is 7.67. The minimum absolute atomic E-state index is 0.305. The molecular weight excluding hydrogens is 206 g/mol. The van der Waals surface area contributed by atoms with Crippen molar-refractivity contribution < 1.29 is 9.53 Å². The van der Waals surface area contributed by atoms with E-state index >= 15 is 0 Å². The van der Waals surface area contributed by atoms with Gasteiger partial charge in [-0.15, -0.1) is 0 Å². The number of aryl methyl sites for hydroxylation is 1. The van der Waals surface area contributed by atoms with Crippen molar-refractivity contribution in [2.24, 2.45) is 0 Å². The van der Waals surface area contributed by atoms with Gasteiger partial charge in [0.15, 0.2) is 5.69 Å². The van der Waals surface area contributed by atoms with Gasteiger partial charge in [0.2, 0.25) is 0 Å². The monoisotopic (exact) mass is 215 g/mol. The molecule has 16 heavy (non-hydrogen) atoms. The molecule has 0 amide bonds. The van der Waals surface area contributed by atoms with Crippen LogP contribution >= 0.6 is 0 Å². The van der Waals surface area contributed by atoms with Crippen molar-refractivity contribution in [1.82, 2.24) is 9.61 Å². The molecule has 0 saturated heterocycles. The number of aromatic nitrogens is 2. The van der Waals surface area contributed by atoms with Crippen molar-refractivity contribution >= 4 is 11.5 Å². The third-order valence-corrected chi connectivity index (χ3v) is 2.42. The van der Waals surface area contributed by atoms with Crippen LogP contribution in [0.2, 0.25) is 0 Å². The average Bonchev–Trinajstić information content (AvgIpc) is 2.65. The number of methoxy groups -OCH3 is 1. The Bertz CT molecular complexity index is 607. The van der Waals surface area contributed by atoms with Crippen LogP contribution in [0.15, 0.2) is 18.3 Å². The van der Waals surface area contributed by atoms with Gasteiger partial charge in [0.25, 0.3) is 0 Å². The number of rotatable bonds is 1. The van der Waals surface area contributed by atoms with Crippen LogP contribution in [0.25, 0.3) is 5.52 Å². The Morgan fingerprint density at radius 2 is 2.31 bits per heavy atom. The Kier molecular flexibility index (Phi) is 2.33. The number of hydrogen-bond donors (Lipinski definition) is 0. The van der Waals surface area contributed by atoms with Gasteiger partial charge >= 0.3 is 5.97 Å². The van der Waals surface area contributed by atoms with E-state index in [1.54, 1.807) is 18.3 Å². The molecule has 0 aliphatic carbocycles. The first kappa shape index (κ1) is 10.2. The zero-order chi connectivity index (χ0) is 11.7. The molecule has 2 rings (SSSR count). The standard InChI is InChI=1S/C11H9N3O2/c1-7-9(11(15)16-2)6-14-10(7)4-3-8(5-12)13-14/h3-4,6H,1-2H3. The van der Waals surface area contributed by atoms with E-state index in [9.17, 15) is 4.79 Å². The Labute approximate surface area is 91.9 Å². The van der Waals surface area contributed by atoms with Crippen LogP contribution in [0.1, 0.15) is 21.6 Å². The molecule has 0 spiro atoms. The number of carbonyl (C=O) groups is 1. The lowest BCUT2D eigenvalue weighted by atomic mass is 10.2. The van der Waals surface area contributed by atoms with Crippen molar-refractivity contribution in [2.75, 3.05) is 7.11 Å². The van der Waals surface area contributed by atoms with Crippen LogP contribution in [0.5, 0.6) is 0 Å². The zero-order valence-corrected chi connectivity index (χ0v) is 8.89. The number of nitriles is 1. The number of nitrogens with zero attached hydrogens (tertiary/aromatic N) is 3. The SMILES string of the molecule is COC(=O)c1cn2nc(C#N)ccc2c1C. The van der Waals surface area contributed by atoms with Gasteiger partial charge in [-0.3, -0.25) is 0 Å². The second-order valence-corrected chi connectivity index (χ2v) is 3.32. The topological polar surface area (TPSA) is 67.4 Å². The smallest absolute Gasteiger partial charge is 0.339 e. The first-order valence-electron chi connectivity index (χ1n) is 4.64. The summed E-state index contributed by atoms with van der Waals surface area (Å²) in [7, 11) is 1.33. The molecular formula is C11H9N3O2. The Hall–Kier alpha value is -2.35. The van der Waals surface area contributed by atoms with Gasteiger partial charge in [0, 0.05) is 6.20 Å². The number of carbonyl (C=O) groups excluding carboxylic acids is 1. The number of hydrogen-bond acceptors (Lipinski definition) is 4. The van der Waals surface area contributed by atoms with Crippen molar-refractivity contribution in [1.29, 1.82) is 5.26 Å². The Morgan fingerprint density at radius 3 is 2.94 bits per heavy atom. The molecule has 2 aromatic rings. The van der Waals surface area contributed by atoms with Gasteiger partial charge < -0.3 is 4.74 Å². The van der Waals surface area contributed by atoms with Gasteiger partial charge in [0.05, 0.1) is 18.2 Å². The van der Waals surface area contributed by atoms with Crippen molar-refractivity contribution in [2.45, 2.75) is 6.92 Å². The summed E-state index contributed by atoms with van der Waals surface area (Å²) < 4.78 is 6.17. The highest BCUT2D eigenvalue weighted by molar-refractivity contribution is 5.93. The molecule has 80 valence electrons. The third kappa shape index (κ3) is 1.41. The summed E-state index contributed by atoms with van der Waals surface area (Å²) in [6.07, 6.45) is 1.57. The molecule has 0 aliphatic rings. The zero-order valence-electron chi connectivity index (χ0n) is 8.89. The number of fused-ring (bicyclic) bond motifs is 1. The Morgan fingerprint density at radius 1 is 1.56 bits per heavy atom. The van der Waals surface area contributed by atoms with Gasteiger partial charge in [-0.25, -0.2) is 9.31 Å². The molecule has 5 nitrogen and oxygen atoms in total.